The predicted molar refractivity (Wildman–Crippen MR) is 75.2 cm³/mol. The molecule has 0 saturated carbocycles. The van der Waals surface area contributed by atoms with E-state index in [-0.39, 0.29) is 11.4 Å². The molecule has 0 saturated heterocycles. The highest BCUT2D eigenvalue weighted by Gasteiger charge is 2.12. The number of nitrogens with one attached hydrogen (secondary N) is 1. The highest BCUT2D eigenvalue weighted by molar-refractivity contribution is 5.82. The van der Waals surface area contributed by atoms with Crippen molar-refractivity contribution in [2.75, 3.05) is 18.5 Å². The summed E-state index contributed by atoms with van der Waals surface area (Å²) in [5.74, 6) is 0.146. The Hall–Kier alpha value is -1.91. The zero-order valence-corrected chi connectivity index (χ0v) is 11.5. The number of fused-ring (bicyclic) bond motifs is 1. The Morgan fingerprint density at radius 3 is 2.84 bits per heavy atom. The summed E-state index contributed by atoms with van der Waals surface area (Å²) in [4.78, 5) is 20.5. The molecule has 1 aromatic carbocycles. The molecule has 0 aliphatic carbocycles. The molecule has 0 fully saturated rings. The molecule has 0 radical (unpaired) electrons. The molecule has 0 atom stereocenters. The maximum absolute atomic E-state index is 14.1. The van der Waals surface area contributed by atoms with Crippen LogP contribution in [0, 0.1) is 12.7 Å². The van der Waals surface area contributed by atoms with Gasteiger partial charge in [0, 0.05) is 19.7 Å². The third-order valence-corrected chi connectivity index (χ3v) is 3.15. The number of aromatic amines is 1. The van der Waals surface area contributed by atoms with Crippen LogP contribution >= 0.6 is 0 Å². The van der Waals surface area contributed by atoms with Gasteiger partial charge in [0.05, 0.1) is 16.6 Å². The van der Waals surface area contributed by atoms with Crippen LogP contribution in [0.15, 0.2) is 16.9 Å². The van der Waals surface area contributed by atoms with Crippen molar-refractivity contribution in [1.29, 1.82) is 0 Å². The second kappa shape index (κ2) is 5.38. The van der Waals surface area contributed by atoms with Crippen LogP contribution in [0.4, 0.5) is 10.1 Å². The van der Waals surface area contributed by atoms with Crippen LogP contribution in [0.5, 0.6) is 0 Å². The van der Waals surface area contributed by atoms with Gasteiger partial charge in [0.2, 0.25) is 0 Å². The zero-order chi connectivity index (χ0) is 14.0. The summed E-state index contributed by atoms with van der Waals surface area (Å²) in [5, 5.41) is 0.422. The summed E-state index contributed by atoms with van der Waals surface area (Å²) in [6.45, 7) is 4.53. The number of nitrogens with zero attached hydrogens (tertiary/aromatic N) is 2. The van der Waals surface area contributed by atoms with E-state index >= 15 is 0 Å². The van der Waals surface area contributed by atoms with Crippen molar-refractivity contribution >= 4 is 16.6 Å². The molecule has 0 amide bonds. The summed E-state index contributed by atoms with van der Waals surface area (Å²) in [5.41, 5.74) is 0.608. The van der Waals surface area contributed by atoms with E-state index in [2.05, 4.69) is 16.9 Å². The molecule has 1 heterocycles. The van der Waals surface area contributed by atoms with Crippen molar-refractivity contribution in [2.45, 2.75) is 26.7 Å². The van der Waals surface area contributed by atoms with Crippen molar-refractivity contribution in [3.05, 3.63) is 34.1 Å². The zero-order valence-electron chi connectivity index (χ0n) is 11.5. The van der Waals surface area contributed by atoms with E-state index < -0.39 is 0 Å². The van der Waals surface area contributed by atoms with Gasteiger partial charge in [-0.2, -0.15) is 0 Å². The van der Waals surface area contributed by atoms with Gasteiger partial charge in [0.15, 0.2) is 0 Å². The van der Waals surface area contributed by atoms with E-state index in [1.807, 2.05) is 11.9 Å². The van der Waals surface area contributed by atoms with Crippen molar-refractivity contribution in [3.63, 3.8) is 0 Å². The maximum Gasteiger partial charge on any atom is 0.258 e. The van der Waals surface area contributed by atoms with Gasteiger partial charge in [0.25, 0.3) is 5.56 Å². The first kappa shape index (κ1) is 13.5. The van der Waals surface area contributed by atoms with E-state index in [9.17, 15) is 9.18 Å². The minimum Gasteiger partial charge on any atom is -0.372 e. The largest absolute Gasteiger partial charge is 0.372 e. The molecule has 1 aromatic heterocycles. The molecule has 0 spiro atoms. The van der Waals surface area contributed by atoms with Crippen LogP contribution in [0.3, 0.4) is 0 Å². The lowest BCUT2D eigenvalue weighted by Gasteiger charge is -2.20. The molecular weight excluding hydrogens is 245 g/mol. The number of H-pyrrole nitrogens is 1. The summed E-state index contributed by atoms with van der Waals surface area (Å²) in [6, 6.07) is 2.90. The summed E-state index contributed by atoms with van der Waals surface area (Å²) in [7, 11) is 1.83. The number of hydrogen-bond acceptors (Lipinski definition) is 3. The van der Waals surface area contributed by atoms with Gasteiger partial charge >= 0.3 is 0 Å². The first-order valence-corrected chi connectivity index (χ1v) is 6.44. The standard InChI is InChI=1S/C14H18FN3O/c1-4-5-6-18(3)13-7-10-12(8-11(13)15)16-9(2)17-14(10)19/h7-8H,4-6H2,1-3H3,(H,16,17,19). The van der Waals surface area contributed by atoms with Gasteiger partial charge in [-0.15, -0.1) is 0 Å². The Morgan fingerprint density at radius 1 is 1.42 bits per heavy atom. The molecule has 0 aliphatic heterocycles. The lowest BCUT2D eigenvalue weighted by Crippen LogP contribution is -2.20. The minimum atomic E-state index is -0.344. The van der Waals surface area contributed by atoms with Gasteiger partial charge in [-0.3, -0.25) is 4.79 Å². The Labute approximate surface area is 111 Å². The smallest absolute Gasteiger partial charge is 0.258 e. The van der Waals surface area contributed by atoms with Gasteiger partial charge in [-0.1, -0.05) is 13.3 Å². The molecule has 0 aliphatic rings. The van der Waals surface area contributed by atoms with Gasteiger partial charge in [-0.25, -0.2) is 9.37 Å². The Bertz CT molecular complexity index is 651. The number of benzene rings is 1. The molecular formula is C14H18FN3O. The van der Waals surface area contributed by atoms with Gasteiger partial charge < -0.3 is 9.88 Å². The number of aryl methyl sites for hydroxylation is 1. The van der Waals surface area contributed by atoms with Crippen LogP contribution in [0.2, 0.25) is 0 Å². The Balaban J connectivity index is 2.52. The Morgan fingerprint density at radius 2 is 2.16 bits per heavy atom. The molecule has 0 unspecified atom stereocenters. The summed E-state index contributed by atoms with van der Waals surface area (Å²) >= 11 is 0. The fourth-order valence-electron chi connectivity index (χ4n) is 2.07. The van der Waals surface area contributed by atoms with Crippen molar-refractivity contribution in [3.8, 4) is 0 Å². The number of anilines is 1. The summed E-state index contributed by atoms with van der Waals surface area (Å²) in [6.07, 6.45) is 2.03. The molecule has 5 heteroatoms. The first-order chi connectivity index (χ1) is 9.02. The highest BCUT2D eigenvalue weighted by Crippen LogP contribution is 2.22. The Kier molecular flexibility index (Phi) is 3.83. The van der Waals surface area contributed by atoms with Crippen LogP contribution < -0.4 is 10.5 Å². The highest BCUT2D eigenvalue weighted by atomic mass is 19.1. The maximum atomic E-state index is 14.1. The fourth-order valence-corrected chi connectivity index (χ4v) is 2.07. The number of aromatic nitrogens is 2. The molecule has 19 heavy (non-hydrogen) atoms. The third kappa shape index (κ3) is 2.75. The monoisotopic (exact) mass is 263 g/mol. The van der Waals surface area contributed by atoms with E-state index in [0.717, 1.165) is 19.4 Å². The van der Waals surface area contributed by atoms with Crippen molar-refractivity contribution in [1.82, 2.24) is 9.97 Å². The number of rotatable bonds is 4. The minimum absolute atomic E-state index is 0.229. The molecule has 1 N–H and O–H groups in total. The van der Waals surface area contributed by atoms with E-state index in [1.54, 1.807) is 13.0 Å². The SMILES string of the molecule is CCCCN(C)c1cc2c(=O)[nH]c(C)nc2cc1F. The lowest BCUT2D eigenvalue weighted by molar-refractivity contribution is 0.621. The van der Waals surface area contributed by atoms with Crippen LogP contribution in [0.1, 0.15) is 25.6 Å². The van der Waals surface area contributed by atoms with Crippen molar-refractivity contribution in [2.24, 2.45) is 0 Å². The molecule has 102 valence electrons. The quantitative estimate of drug-likeness (QED) is 0.922. The van der Waals surface area contributed by atoms with Gasteiger partial charge in [-0.05, 0) is 19.4 Å². The first-order valence-electron chi connectivity index (χ1n) is 6.44. The number of halogens is 1. The average molecular weight is 263 g/mol. The van der Waals surface area contributed by atoms with Crippen LogP contribution in [-0.2, 0) is 0 Å². The second-order valence-corrected chi connectivity index (χ2v) is 4.75. The number of unbranched alkanes of at least 4 members (excludes halogenated alkanes) is 1. The molecule has 2 rings (SSSR count). The summed E-state index contributed by atoms with van der Waals surface area (Å²) < 4.78 is 14.1. The van der Waals surface area contributed by atoms with Crippen LogP contribution in [-0.4, -0.2) is 23.6 Å². The van der Waals surface area contributed by atoms with E-state index in [1.165, 1.54) is 6.07 Å². The van der Waals surface area contributed by atoms with Gasteiger partial charge in [0.1, 0.15) is 11.6 Å². The molecule has 0 bridgehead atoms. The van der Waals surface area contributed by atoms with Crippen LogP contribution in [0.25, 0.3) is 10.9 Å². The topological polar surface area (TPSA) is 49.0 Å². The number of hydrogen-bond donors (Lipinski definition) is 1. The average Bonchev–Trinajstić information content (AvgIpc) is 2.34. The predicted octanol–water partition coefficient (Wildman–Crippen LogP) is 2.61. The lowest BCUT2D eigenvalue weighted by atomic mass is 10.2. The fraction of sp³-hybridized carbons (Fsp3) is 0.429. The molecule has 4 nitrogen and oxygen atoms in total. The van der Waals surface area contributed by atoms with E-state index in [0.29, 0.717) is 22.4 Å². The third-order valence-electron chi connectivity index (χ3n) is 3.15. The van der Waals surface area contributed by atoms with Crippen molar-refractivity contribution < 1.29 is 4.39 Å². The van der Waals surface area contributed by atoms with E-state index in [4.69, 9.17) is 0 Å². The second-order valence-electron chi connectivity index (χ2n) is 4.75. The normalized spacial score (nSPS) is 10.9. The molecule has 2 aromatic rings.